The highest BCUT2D eigenvalue weighted by Gasteiger charge is 2.22. The zero-order valence-electron chi connectivity index (χ0n) is 16.2. The average Bonchev–Trinajstić information content (AvgIpc) is 3.28. The zero-order chi connectivity index (χ0) is 19.4. The van der Waals surface area contributed by atoms with Crippen LogP contribution in [-0.4, -0.2) is 41.9 Å². The fraction of sp³-hybridized carbons (Fsp3) is 0.500. The molecular weight excluding hydrogens is 361 g/mol. The molecule has 3 rings (SSSR count). The summed E-state index contributed by atoms with van der Waals surface area (Å²) in [6.07, 6.45) is 5.01. The third kappa shape index (κ3) is 4.69. The van der Waals surface area contributed by atoms with Gasteiger partial charge in [0.1, 0.15) is 5.69 Å². The van der Waals surface area contributed by atoms with Crippen LogP contribution in [0, 0.1) is 0 Å². The van der Waals surface area contributed by atoms with E-state index >= 15 is 0 Å². The molecule has 1 fully saturated rings. The van der Waals surface area contributed by atoms with Crippen LogP contribution in [0.15, 0.2) is 24.3 Å². The van der Waals surface area contributed by atoms with Gasteiger partial charge in [0, 0.05) is 29.8 Å². The van der Waals surface area contributed by atoms with Crippen LogP contribution in [0.2, 0.25) is 0 Å². The Bertz CT molecular complexity index is 827. The number of nitrogens with zero attached hydrogens (tertiary/aromatic N) is 1. The van der Waals surface area contributed by atoms with Crippen molar-refractivity contribution in [2.45, 2.75) is 38.6 Å². The SMILES string of the molecule is CCCCP(C)OC(=O)c1cc2cc(NC(=O)[C@@H]3CCCN3)ccc2n1C. The molecule has 1 aliphatic rings. The number of unbranched alkanes of at least 4 members (excludes halogenated alkanes) is 1. The maximum atomic E-state index is 12.5. The molecule has 1 aromatic heterocycles. The average molecular weight is 389 g/mol. The van der Waals surface area contributed by atoms with Crippen molar-refractivity contribution >= 4 is 36.6 Å². The first-order valence-electron chi connectivity index (χ1n) is 9.56. The van der Waals surface area contributed by atoms with E-state index in [0.717, 1.165) is 55.0 Å². The van der Waals surface area contributed by atoms with Crippen LogP contribution in [0.25, 0.3) is 10.9 Å². The summed E-state index contributed by atoms with van der Waals surface area (Å²) < 4.78 is 7.49. The first kappa shape index (κ1) is 19.8. The Labute approximate surface area is 161 Å². The van der Waals surface area contributed by atoms with E-state index in [0.29, 0.717) is 5.69 Å². The number of hydrogen-bond donors (Lipinski definition) is 2. The second kappa shape index (κ2) is 8.85. The predicted molar refractivity (Wildman–Crippen MR) is 111 cm³/mol. The van der Waals surface area contributed by atoms with Crippen LogP contribution in [0.3, 0.4) is 0 Å². The third-order valence-electron chi connectivity index (χ3n) is 4.96. The van der Waals surface area contributed by atoms with E-state index in [-0.39, 0.29) is 17.9 Å². The van der Waals surface area contributed by atoms with Crippen LogP contribution >= 0.6 is 8.15 Å². The lowest BCUT2D eigenvalue weighted by molar-refractivity contribution is -0.117. The van der Waals surface area contributed by atoms with Gasteiger partial charge in [0.05, 0.1) is 14.2 Å². The number of nitrogens with one attached hydrogen (secondary N) is 2. The van der Waals surface area contributed by atoms with Gasteiger partial charge in [-0.2, -0.15) is 0 Å². The van der Waals surface area contributed by atoms with E-state index in [4.69, 9.17) is 4.52 Å². The molecule has 2 N–H and O–H groups in total. The number of amides is 1. The largest absolute Gasteiger partial charge is 0.441 e. The number of carbonyl (C=O) groups is 2. The number of hydrogen-bond acceptors (Lipinski definition) is 4. The first-order valence-corrected chi connectivity index (χ1v) is 11.5. The third-order valence-corrected chi connectivity index (χ3v) is 6.38. The highest BCUT2D eigenvalue weighted by atomic mass is 31.1. The Hall–Kier alpha value is -1.91. The smallest absolute Gasteiger partial charge is 0.357 e. The molecule has 1 aliphatic heterocycles. The van der Waals surface area contributed by atoms with Crippen molar-refractivity contribution in [3.63, 3.8) is 0 Å². The lowest BCUT2D eigenvalue weighted by Crippen LogP contribution is -2.35. The van der Waals surface area contributed by atoms with Crippen LogP contribution in [0.5, 0.6) is 0 Å². The molecule has 0 saturated carbocycles. The Kier molecular flexibility index (Phi) is 6.51. The molecular formula is C20H28N3O3P. The molecule has 1 saturated heterocycles. The number of anilines is 1. The predicted octanol–water partition coefficient (Wildman–Crippen LogP) is 3.85. The van der Waals surface area contributed by atoms with Crippen LogP contribution in [-0.2, 0) is 16.4 Å². The van der Waals surface area contributed by atoms with Crippen LogP contribution < -0.4 is 10.6 Å². The van der Waals surface area contributed by atoms with Gasteiger partial charge in [-0.15, -0.1) is 0 Å². The lowest BCUT2D eigenvalue weighted by Gasteiger charge is -2.12. The van der Waals surface area contributed by atoms with Crippen molar-refractivity contribution in [2.24, 2.45) is 7.05 Å². The summed E-state index contributed by atoms with van der Waals surface area (Å²) in [6, 6.07) is 7.43. The minimum Gasteiger partial charge on any atom is -0.441 e. The second-order valence-electron chi connectivity index (χ2n) is 7.08. The molecule has 2 heterocycles. The van der Waals surface area contributed by atoms with Crippen molar-refractivity contribution in [3.8, 4) is 0 Å². The topological polar surface area (TPSA) is 72.4 Å². The molecule has 1 aromatic carbocycles. The Morgan fingerprint density at radius 2 is 2.19 bits per heavy atom. The standard InChI is InChI=1S/C20H28N3O3P/c1-4-5-11-27(3)26-20(25)18-13-14-12-15(8-9-17(14)23(18)2)22-19(24)16-7-6-10-21-16/h8-9,12-13,16,21H,4-7,10-11H2,1-3H3,(H,22,24)/t16-,27?/m0/s1. The molecule has 0 bridgehead atoms. The molecule has 6 nitrogen and oxygen atoms in total. The van der Waals surface area contributed by atoms with Gasteiger partial charge in [-0.1, -0.05) is 13.3 Å². The molecule has 0 aliphatic carbocycles. The Balaban J connectivity index is 1.73. The summed E-state index contributed by atoms with van der Waals surface area (Å²) in [4.78, 5) is 24.8. The summed E-state index contributed by atoms with van der Waals surface area (Å²) in [6.45, 7) is 5.02. The molecule has 2 aromatic rings. The summed E-state index contributed by atoms with van der Waals surface area (Å²) in [5.74, 6) is -0.283. The summed E-state index contributed by atoms with van der Waals surface area (Å²) in [5, 5.41) is 7.08. The molecule has 2 atom stereocenters. The van der Waals surface area contributed by atoms with Gasteiger partial charge in [-0.25, -0.2) is 4.79 Å². The van der Waals surface area contributed by atoms with Crippen molar-refractivity contribution in [2.75, 3.05) is 24.7 Å². The number of rotatable bonds is 7. The van der Waals surface area contributed by atoms with Crippen molar-refractivity contribution in [3.05, 3.63) is 30.0 Å². The normalized spacial score (nSPS) is 17.8. The fourth-order valence-electron chi connectivity index (χ4n) is 3.38. The maximum absolute atomic E-state index is 12.5. The highest BCUT2D eigenvalue weighted by Crippen LogP contribution is 2.35. The summed E-state index contributed by atoms with van der Waals surface area (Å²) >= 11 is 0. The number of carbonyl (C=O) groups excluding carboxylic acids is 2. The second-order valence-corrected chi connectivity index (χ2v) is 8.97. The van der Waals surface area contributed by atoms with E-state index in [9.17, 15) is 9.59 Å². The molecule has 146 valence electrons. The van der Waals surface area contributed by atoms with Crippen molar-refractivity contribution in [1.82, 2.24) is 9.88 Å². The number of aromatic nitrogens is 1. The van der Waals surface area contributed by atoms with Crippen molar-refractivity contribution in [1.29, 1.82) is 0 Å². The van der Waals surface area contributed by atoms with E-state index in [2.05, 4.69) is 17.6 Å². The first-order chi connectivity index (χ1) is 13.0. The quantitative estimate of drug-likeness (QED) is 0.706. The fourth-order valence-corrected chi connectivity index (χ4v) is 4.60. The lowest BCUT2D eigenvalue weighted by atomic mass is 10.2. The summed E-state index contributed by atoms with van der Waals surface area (Å²) in [7, 11) is 1.12. The summed E-state index contributed by atoms with van der Waals surface area (Å²) in [5.41, 5.74) is 2.22. The van der Waals surface area contributed by atoms with E-state index < -0.39 is 8.15 Å². The van der Waals surface area contributed by atoms with Gasteiger partial charge in [-0.05, 0) is 56.7 Å². The molecule has 0 spiro atoms. The molecule has 1 unspecified atom stereocenters. The number of benzene rings is 1. The van der Waals surface area contributed by atoms with Gasteiger partial charge in [-0.3, -0.25) is 4.79 Å². The minimum absolute atomic E-state index is 0.00466. The molecule has 1 amide bonds. The molecule has 27 heavy (non-hydrogen) atoms. The minimum atomic E-state index is -0.741. The van der Waals surface area contributed by atoms with E-state index in [1.807, 2.05) is 42.5 Å². The van der Waals surface area contributed by atoms with Gasteiger partial charge in [0.2, 0.25) is 5.91 Å². The van der Waals surface area contributed by atoms with Gasteiger partial charge < -0.3 is 19.7 Å². The molecule has 7 heteroatoms. The van der Waals surface area contributed by atoms with Crippen molar-refractivity contribution < 1.29 is 14.1 Å². The molecule has 0 radical (unpaired) electrons. The monoisotopic (exact) mass is 389 g/mol. The van der Waals surface area contributed by atoms with Gasteiger partial charge in [0.15, 0.2) is 0 Å². The van der Waals surface area contributed by atoms with Crippen LogP contribution in [0.4, 0.5) is 5.69 Å². The van der Waals surface area contributed by atoms with E-state index in [1.165, 1.54) is 0 Å². The Morgan fingerprint density at radius 1 is 1.37 bits per heavy atom. The Morgan fingerprint density at radius 3 is 2.89 bits per heavy atom. The van der Waals surface area contributed by atoms with Gasteiger partial charge in [0.25, 0.3) is 0 Å². The highest BCUT2D eigenvalue weighted by molar-refractivity contribution is 7.52. The van der Waals surface area contributed by atoms with Gasteiger partial charge >= 0.3 is 5.97 Å². The maximum Gasteiger partial charge on any atom is 0.357 e. The van der Waals surface area contributed by atoms with E-state index in [1.54, 1.807) is 0 Å². The number of aryl methyl sites for hydroxylation is 1. The number of fused-ring (bicyclic) bond motifs is 1. The zero-order valence-corrected chi connectivity index (χ0v) is 17.1. The van der Waals surface area contributed by atoms with Crippen LogP contribution in [0.1, 0.15) is 43.1 Å².